The van der Waals surface area contributed by atoms with E-state index >= 15 is 0 Å². The second-order valence-corrected chi connectivity index (χ2v) is 5.72. The number of carbonyl (C=O) groups excluding carboxylic acids is 1. The Morgan fingerprint density at radius 1 is 1.44 bits per heavy atom. The van der Waals surface area contributed by atoms with Crippen LogP contribution in [0.1, 0.15) is 46.0 Å². The molecule has 2 unspecified atom stereocenters. The molecule has 0 radical (unpaired) electrons. The van der Waals surface area contributed by atoms with Gasteiger partial charge < -0.3 is 15.4 Å². The van der Waals surface area contributed by atoms with Gasteiger partial charge in [0.1, 0.15) is 0 Å². The number of carbonyl (C=O) groups is 1. The molecule has 0 saturated carbocycles. The predicted molar refractivity (Wildman–Crippen MR) is 71.4 cm³/mol. The van der Waals surface area contributed by atoms with Gasteiger partial charge in [-0.25, -0.2) is 0 Å². The molecule has 1 amide bonds. The fourth-order valence-corrected chi connectivity index (χ4v) is 3.22. The molecule has 2 fully saturated rings. The van der Waals surface area contributed by atoms with Crippen molar-refractivity contribution in [2.75, 3.05) is 19.7 Å². The number of hydrogen-bond acceptors (Lipinski definition) is 3. The largest absolute Gasteiger partial charge is 0.376 e. The number of rotatable bonds is 4. The van der Waals surface area contributed by atoms with Gasteiger partial charge in [0.05, 0.1) is 17.6 Å². The molecule has 18 heavy (non-hydrogen) atoms. The van der Waals surface area contributed by atoms with E-state index in [2.05, 4.69) is 17.6 Å². The van der Waals surface area contributed by atoms with Crippen LogP contribution in [0.5, 0.6) is 0 Å². The van der Waals surface area contributed by atoms with Crippen LogP contribution in [-0.4, -0.2) is 37.7 Å². The molecule has 2 N–H and O–H groups in total. The number of hydrogen-bond donors (Lipinski definition) is 2. The van der Waals surface area contributed by atoms with Gasteiger partial charge in [-0.3, -0.25) is 4.79 Å². The lowest BCUT2D eigenvalue weighted by molar-refractivity contribution is -0.134. The highest BCUT2D eigenvalue weighted by molar-refractivity contribution is 5.83. The van der Waals surface area contributed by atoms with Crippen molar-refractivity contribution in [3.05, 3.63) is 0 Å². The molecule has 0 aromatic heterocycles. The first-order chi connectivity index (χ1) is 8.68. The Labute approximate surface area is 110 Å². The first kappa shape index (κ1) is 13.8. The maximum Gasteiger partial charge on any atom is 0.226 e. The topological polar surface area (TPSA) is 50.4 Å². The monoisotopic (exact) mass is 254 g/mol. The van der Waals surface area contributed by atoms with Crippen molar-refractivity contribution in [2.24, 2.45) is 5.41 Å². The van der Waals surface area contributed by atoms with Crippen molar-refractivity contribution in [1.29, 1.82) is 0 Å². The molecular weight excluding hydrogens is 228 g/mol. The van der Waals surface area contributed by atoms with E-state index in [1.165, 1.54) is 0 Å². The molecule has 2 aliphatic rings. The second kappa shape index (κ2) is 6.02. The first-order valence-corrected chi connectivity index (χ1v) is 7.31. The van der Waals surface area contributed by atoms with E-state index < -0.39 is 0 Å². The van der Waals surface area contributed by atoms with Gasteiger partial charge in [-0.1, -0.05) is 13.3 Å². The quantitative estimate of drug-likeness (QED) is 0.798. The summed E-state index contributed by atoms with van der Waals surface area (Å²) < 4.78 is 5.52. The standard InChI is InChI=1S/C14H26N2O2/c1-3-5-14(6-8-15-9-7-14)13(17)16-12-4-10-18-11(12)2/h11-12,15H,3-10H2,1-2H3,(H,16,17). The third-order valence-electron chi connectivity index (χ3n) is 4.46. The summed E-state index contributed by atoms with van der Waals surface area (Å²) in [5.41, 5.74) is -0.137. The van der Waals surface area contributed by atoms with Gasteiger partial charge in [-0.2, -0.15) is 0 Å². The molecular formula is C14H26N2O2. The molecule has 2 rings (SSSR count). The molecule has 0 aromatic rings. The highest BCUT2D eigenvalue weighted by atomic mass is 16.5. The highest BCUT2D eigenvalue weighted by Gasteiger charge is 2.40. The van der Waals surface area contributed by atoms with Crippen LogP contribution in [0, 0.1) is 5.41 Å². The lowest BCUT2D eigenvalue weighted by Gasteiger charge is -2.37. The number of amides is 1. The molecule has 0 spiro atoms. The van der Waals surface area contributed by atoms with E-state index in [-0.39, 0.29) is 23.5 Å². The van der Waals surface area contributed by atoms with Crippen LogP contribution >= 0.6 is 0 Å². The SMILES string of the molecule is CCCC1(C(=O)NC2CCOC2C)CCNCC1. The summed E-state index contributed by atoms with van der Waals surface area (Å²) in [6, 6.07) is 0.209. The minimum Gasteiger partial charge on any atom is -0.376 e. The normalized spacial score (nSPS) is 31.2. The average Bonchev–Trinajstić information content (AvgIpc) is 2.76. The summed E-state index contributed by atoms with van der Waals surface area (Å²) >= 11 is 0. The van der Waals surface area contributed by atoms with Crippen LogP contribution in [0.15, 0.2) is 0 Å². The van der Waals surface area contributed by atoms with Gasteiger partial charge >= 0.3 is 0 Å². The highest BCUT2D eigenvalue weighted by Crippen LogP contribution is 2.34. The van der Waals surface area contributed by atoms with Gasteiger partial charge in [0.2, 0.25) is 5.91 Å². The van der Waals surface area contributed by atoms with Crippen LogP contribution in [0.2, 0.25) is 0 Å². The zero-order chi connectivity index (χ0) is 13.0. The van der Waals surface area contributed by atoms with Crippen LogP contribution in [-0.2, 0) is 9.53 Å². The molecule has 2 atom stereocenters. The predicted octanol–water partition coefficient (Wildman–Crippen LogP) is 1.45. The van der Waals surface area contributed by atoms with E-state index in [0.717, 1.165) is 51.8 Å². The fraction of sp³-hybridized carbons (Fsp3) is 0.929. The van der Waals surface area contributed by atoms with E-state index in [4.69, 9.17) is 4.74 Å². The Morgan fingerprint density at radius 2 is 2.17 bits per heavy atom. The first-order valence-electron chi connectivity index (χ1n) is 7.31. The lowest BCUT2D eigenvalue weighted by Crippen LogP contribution is -2.51. The van der Waals surface area contributed by atoms with Crippen LogP contribution in [0.3, 0.4) is 0 Å². The summed E-state index contributed by atoms with van der Waals surface area (Å²) in [7, 11) is 0. The maximum absolute atomic E-state index is 12.6. The maximum atomic E-state index is 12.6. The zero-order valence-electron chi connectivity index (χ0n) is 11.6. The fourth-order valence-electron chi connectivity index (χ4n) is 3.22. The Kier molecular flexibility index (Phi) is 4.62. The molecule has 2 saturated heterocycles. The van der Waals surface area contributed by atoms with E-state index in [0.29, 0.717) is 0 Å². The number of piperidine rings is 1. The minimum atomic E-state index is -0.137. The van der Waals surface area contributed by atoms with Crippen molar-refractivity contribution in [2.45, 2.75) is 58.1 Å². The van der Waals surface area contributed by atoms with Crippen LogP contribution in [0.4, 0.5) is 0 Å². The molecule has 2 heterocycles. The molecule has 104 valence electrons. The Hall–Kier alpha value is -0.610. The van der Waals surface area contributed by atoms with E-state index in [1.807, 2.05) is 6.92 Å². The molecule has 4 nitrogen and oxygen atoms in total. The second-order valence-electron chi connectivity index (χ2n) is 5.72. The van der Waals surface area contributed by atoms with Gasteiger partial charge in [0, 0.05) is 6.61 Å². The van der Waals surface area contributed by atoms with Gasteiger partial charge in [0.25, 0.3) is 0 Å². The van der Waals surface area contributed by atoms with Crippen molar-refractivity contribution < 1.29 is 9.53 Å². The van der Waals surface area contributed by atoms with Gasteiger partial charge in [0.15, 0.2) is 0 Å². The van der Waals surface area contributed by atoms with E-state index in [1.54, 1.807) is 0 Å². The zero-order valence-corrected chi connectivity index (χ0v) is 11.6. The molecule has 0 aliphatic carbocycles. The smallest absolute Gasteiger partial charge is 0.226 e. The third-order valence-corrected chi connectivity index (χ3v) is 4.46. The Balaban J connectivity index is 1.98. The minimum absolute atomic E-state index is 0.137. The Morgan fingerprint density at radius 3 is 2.72 bits per heavy atom. The van der Waals surface area contributed by atoms with Crippen LogP contribution in [0.25, 0.3) is 0 Å². The lowest BCUT2D eigenvalue weighted by atomic mass is 9.74. The molecule has 2 aliphatic heterocycles. The average molecular weight is 254 g/mol. The summed E-state index contributed by atoms with van der Waals surface area (Å²) in [5, 5.41) is 6.58. The summed E-state index contributed by atoms with van der Waals surface area (Å²) in [6.07, 6.45) is 5.12. The van der Waals surface area contributed by atoms with Crippen LogP contribution < -0.4 is 10.6 Å². The number of nitrogens with one attached hydrogen (secondary N) is 2. The van der Waals surface area contributed by atoms with Crippen molar-refractivity contribution in [3.63, 3.8) is 0 Å². The third kappa shape index (κ3) is 2.86. The van der Waals surface area contributed by atoms with Crippen molar-refractivity contribution in [3.8, 4) is 0 Å². The number of ether oxygens (including phenoxy) is 1. The molecule has 0 bridgehead atoms. The summed E-state index contributed by atoms with van der Waals surface area (Å²) in [6.45, 7) is 6.91. The van der Waals surface area contributed by atoms with Gasteiger partial charge in [-0.05, 0) is 45.7 Å². The summed E-state index contributed by atoms with van der Waals surface area (Å²) in [4.78, 5) is 12.6. The van der Waals surface area contributed by atoms with E-state index in [9.17, 15) is 4.79 Å². The summed E-state index contributed by atoms with van der Waals surface area (Å²) in [5.74, 6) is 0.258. The van der Waals surface area contributed by atoms with Gasteiger partial charge in [-0.15, -0.1) is 0 Å². The van der Waals surface area contributed by atoms with Crippen molar-refractivity contribution in [1.82, 2.24) is 10.6 Å². The molecule has 4 heteroatoms. The Bertz CT molecular complexity index is 282. The molecule has 0 aromatic carbocycles. The van der Waals surface area contributed by atoms with Crippen molar-refractivity contribution >= 4 is 5.91 Å².